The van der Waals surface area contributed by atoms with Gasteiger partial charge in [-0.2, -0.15) is 13.2 Å². The van der Waals surface area contributed by atoms with E-state index in [0.717, 1.165) is 62.0 Å². The molecule has 1 aromatic carbocycles. The van der Waals surface area contributed by atoms with Crippen molar-refractivity contribution in [1.29, 1.82) is 0 Å². The largest absolute Gasteiger partial charge is 0.416 e. The zero-order chi connectivity index (χ0) is 23.3. The highest BCUT2D eigenvalue weighted by molar-refractivity contribution is 5.95. The van der Waals surface area contributed by atoms with Crippen LogP contribution in [0.2, 0.25) is 0 Å². The van der Waals surface area contributed by atoms with Gasteiger partial charge < -0.3 is 14.8 Å². The Kier molecular flexibility index (Phi) is 7.87. The Hall–Kier alpha value is -2.48. The van der Waals surface area contributed by atoms with E-state index >= 15 is 0 Å². The average molecular weight is 451 g/mol. The SMILES string of the molecule is CCn1c(C)cc(C(=O)NCCCCN2CCN(c3cccc(C(F)(F)F)c3)CC2)c1C. The number of amides is 1. The number of hydrogen-bond donors (Lipinski definition) is 1. The zero-order valence-electron chi connectivity index (χ0n) is 19.1. The number of carbonyl (C=O) groups is 1. The summed E-state index contributed by atoms with van der Waals surface area (Å²) in [6.45, 7) is 11.6. The molecule has 176 valence electrons. The Balaban J connectivity index is 1.37. The number of nitrogens with zero attached hydrogens (tertiary/aromatic N) is 3. The van der Waals surface area contributed by atoms with E-state index in [1.807, 2.05) is 24.8 Å². The van der Waals surface area contributed by atoms with Crippen molar-refractivity contribution < 1.29 is 18.0 Å². The number of benzene rings is 1. The molecule has 0 saturated carbocycles. The number of aromatic nitrogens is 1. The fourth-order valence-electron chi connectivity index (χ4n) is 4.38. The third-order valence-corrected chi connectivity index (χ3v) is 6.23. The first-order valence-electron chi connectivity index (χ1n) is 11.3. The number of piperazine rings is 1. The van der Waals surface area contributed by atoms with Gasteiger partial charge in [-0.15, -0.1) is 0 Å². The summed E-state index contributed by atoms with van der Waals surface area (Å²) in [4.78, 5) is 16.8. The van der Waals surface area contributed by atoms with Crippen LogP contribution in [-0.4, -0.2) is 54.6 Å². The molecule has 0 bridgehead atoms. The Morgan fingerprint density at radius 2 is 1.78 bits per heavy atom. The van der Waals surface area contributed by atoms with Crippen LogP contribution in [0.3, 0.4) is 0 Å². The number of aryl methyl sites for hydroxylation is 1. The Bertz CT molecular complexity index is 914. The van der Waals surface area contributed by atoms with Crippen molar-refractivity contribution in [2.24, 2.45) is 0 Å². The maximum absolute atomic E-state index is 12.9. The number of nitrogens with one attached hydrogen (secondary N) is 1. The fraction of sp³-hybridized carbons (Fsp3) is 0.542. The van der Waals surface area contributed by atoms with E-state index in [0.29, 0.717) is 25.3 Å². The van der Waals surface area contributed by atoms with Crippen LogP contribution in [0.1, 0.15) is 47.1 Å². The van der Waals surface area contributed by atoms with E-state index in [9.17, 15) is 18.0 Å². The third kappa shape index (κ3) is 5.85. The molecule has 1 aliphatic rings. The van der Waals surface area contributed by atoms with Crippen molar-refractivity contribution in [3.05, 3.63) is 52.8 Å². The second-order valence-corrected chi connectivity index (χ2v) is 8.37. The maximum Gasteiger partial charge on any atom is 0.416 e. The van der Waals surface area contributed by atoms with Gasteiger partial charge in [0.15, 0.2) is 0 Å². The maximum atomic E-state index is 12.9. The van der Waals surface area contributed by atoms with Crippen LogP contribution in [0.25, 0.3) is 0 Å². The highest BCUT2D eigenvalue weighted by Crippen LogP contribution is 2.31. The molecule has 3 rings (SSSR count). The van der Waals surface area contributed by atoms with E-state index in [4.69, 9.17) is 0 Å². The van der Waals surface area contributed by atoms with Crippen LogP contribution >= 0.6 is 0 Å². The number of rotatable bonds is 8. The normalized spacial score (nSPS) is 15.2. The van der Waals surface area contributed by atoms with E-state index < -0.39 is 11.7 Å². The minimum atomic E-state index is -4.31. The van der Waals surface area contributed by atoms with Gasteiger partial charge in [0.25, 0.3) is 5.91 Å². The van der Waals surface area contributed by atoms with E-state index in [1.165, 1.54) is 12.1 Å². The zero-order valence-corrected chi connectivity index (χ0v) is 19.1. The van der Waals surface area contributed by atoms with Gasteiger partial charge in [0.1, 0.15) is 0 Å². The first-order valence-corrected chi connectivity index (χ1v) is 11.3. The topological polar surface area (TPSA) is 40.5 Å². The van der Waals surface area contributed by atoms with Gasteiger partial charge >= 0.3 is 6.18 Å². The molecule has 1 fully saturated rings. The van der Waals surface area contributed by atoms with Gasteiger partial charge in [-0.05, 0) is 64.4 Å². The summed E-state index contributed by atoms with van der Waals surface area (Å²) in [7, 11) is 0. The predicted molar refractivity (Wildman–Crippen MR) is 121 cm³/mol. The summed E-state index contributed by atoms with van der Waals surface area (Å²) in [5.41, 5.74) is 2.87. The minimum absolute atomic E-state index is 0.0208. The van der Waals surface area contributed by atoms with Crippen LogP contribution < -0.4 is 10.2 Å². The van der Waals surface area contributed by atoms with Gasteiger partial charge in [0.2, 0.25) is 0 Å². The molecular weight excluding hydrogens is 417 g/mol. The van der Waals surface area contributed by atoms with Crippen LogP contribution in [0.4, 0.5) is 18.9 Å². The number of halogens is 3. The average Bonchev–Trinajstić information content (AvgIpc) is 3.06. The number of anilines is 1. The van der Waals surface area contributed by atoms with Crippen LogP contribution in [-0.2, 0) is 12.7 Å². The van der Waals surface area contributed by atoms with E-state index in [2.05, 4.69) is 21.7 Å². The smallest absolute Gasteiger partial charge is 0.369 e. The molecule has 1 amide bonds. The van der Waals surface area contributed by atoms with Gasteiger partial charge in [-0.25, -0.2) is 0 Å². The third-order valence-electron chi connectivity index (χ3n) is 6.23. The molecular formula is C24H33F3N4O. The lowest BCUT2D eigenvalue weighted by molar-refractivity contribution is -0.137. The number of hydrogen-bond acceptors (Lipinski definition) is 3. The Morgan fingerprint density at radius 1 is 1.06 bits per heavy atom. The molecule has 32 heavy (non-hydrogen) atoms. The molecule has 1 saturated heterocycles. The molecule has 1 N–H and O–H groups in total. The van der Waals surface area contributed by atoms with Crippen molar-refractivity contribution in [2.45, 2.75) is 46.3 Å². The molecule has 2 heterocycles. The molecule has 0 spiro atoms. The molecule has 2 aromatic rings. The van der Waals surface area contributed by atoms with Crippen LogP contribution in [0.15, 0.2) is 30.3 Å². The lowest BCUT2D eigenvalue weighted by Gasteiger charge is -2.36. The molecule has 1 aromatic heterocycles. The second kappa shape index (κ2) is 10.4. The lowest BCUT2D eigenvalue weighted by Crippen LogP contribution is -2.46. The number of alkyl halides is 3. The van der Waals surface area contributed by atoms with Crippen LogP contribution in [0.5, 0.6) is 0 Å². The predicted octanol–water partition coefficient (Wildman–Crippen LogP) is 4.48. The van der Waals surface area contributed by atoms with Gasteiger partial charge in [0.05, 0.1) is 11.1 Å². The van der Waals surface area contributed by atoms with Gasteiger partial charge in [-0.1, -0.05) is 6.07 Å². The van der Waals surface area contributed by atoms with Crippen molar-refractivity contribution in [3.8, 4) is 0 Å². The van der Waals surface area contributed by atoms with Gasteiger partial charge in [0, 0.05) is 56.3 Å². The summed E-state index contributed by atoms with van der Waals surface area (Å²) in [5.74, 6) is -0.0208. The Morgan fingerprint density at radius 3 is 2.41 bits per heavy atom. The first-order chi connectivity index (χ1) is 15.2. The summed E-state index contributed by atoms with van der Waals surface area (Å²) < 4.78 is 41.0. The first kappa shape index (κ1) is 24.2. The standard InChI is InChI=1S/C24H33F3N4O/c1-4-31-18(2)16-22(19(31)3)23(32)28-10-5-6-11-29-12-14-30(15-13-29)21-9-7-8-20(17-21)24(25,26)27/h7-9,16-17H,4-6,10-15H2,1-3H3,(H,28,32). The van der Waals surface area contributed by atoms with Crippen LogP contribution in [0, 0.1) is 13.8 Å². The second-order valence-electron chi connectivity index (χ2n) is 8.37. The molecule has 1 aliphatic heterocycles. The molecule has 0 radical (unpaired) electrons. The summed E-state index contributed by atoms with van der Waals surface area (Å²) in [6, 6.07) is 7.50. The molecule has 5 nitrogen and oxygen atoms in total. The van der Waals surface area contributed by atoms with E-state index in [1.54, 1.807) is 6.07 Å². The van der Waals surface area contributed by atoms with Crippen molar-refractivity contribution in [1.82, 2.24) is 14.8 Å². The number of unbranched alkanes of at least 4 members (excludes halogenated alkanes) is 1. The fourth-order valence-corrected chi connectivity index (χ4v) is 4.38. The molecule has 0 aliphatic carbocycles. The molecule has 0 atom stereocenters. The highest BCUT2D eigenvalue weighted by atomic mass is 19.4. The van der Waals surface area contributed by atoms with E-state index in [-0.39, 0.29) is 5.91 Å². The lowest BCUT2D eigenvalue weighted by atomic mass is 10.1. The van der Waals surface area contributed by atoms with Crippen molar-refractivity contribution >= 4 is 11.6 Å². The minimum Gasteiger partial charge on any atom is -0.369 e. The van der Waals surface area contributed by atoms with Gasteiger partial charge in [-0.3, -0.25) is 9.69 Å². The quantitative estimate of drug-likeness (QED) is 0.603. The highest BCUT2D eigenvalue weighted by Gasteiger charge is 2.31. The summed E-state index contributed by atoms with van der Waals surface area (Å²) in [5, 5.41) is 3.02. The Labute approximate surface area is 188 Å². The van der Waals surface area contributed by atoms with Crippen molar-refractivity contribution in [2.75, 3.05) is 44.2 Å². The molecule has 0 unspecified atom stereocenters. The molecule has 8 heteroatoms. The summed E-state index contributed by atoms with van der Waals surface area (Å²) >= 11 is 0. The number of carbonyl (C=O) groups excluding carboxylic acids is 1. The monoisotopic (exact) mass is 450 g/mol. The summed E-state index contributed by atoms with van der Waals surface area (Å²) in [6.07, 6.45) is -2.45. The van der Waals surface area contributed by atoms with Crippen molar-refractivity contribution in [3.63, 3.8) is 0 Å².